The fourth-order valence-corrected chi connectivity index (χ4v) is 1.87. The van der Waals surface area contributed by atoms with Gasteiger partial charge in [-0.2, -0.15) is 0 Å². The van der Waals surface area contributed by atoms with Crippen LogP contribution in [-0.2, 0) is 13.2 Å². The molecule has 1 heterocycles. The number of aliphatic hydroxyl groups is 1. The van der Waals surface area contributed by atoms with Crippen molar-refractivity contribution in [3.05, 3.63) is 36.0 Å². The molecule has 2 aromatic rings. The van der Waals surface area contributed by atoms with Crippen LogP contribution < -0.4 is 0 Å². The highest BCUT2D eigenvalue weighted by Crippen LogP contribution is 2.18. The number of fused-ring (bicyclic) bond motifs is 1. The third kappa shape index (κ3) is 2.10. The Kier molecular flexibility index (Phi) is 3.28. The van der Waals surface area contributed by atoms with Crippen LogP contribution >= 0.6 is 0 Å². The summed E-state index contributed by atoms with van der Waals surface area (Å²) >= 11 is 0. The van der Waals surface area contributed by atoms with Gasteiger partial charge in [-0.1, -0.05) is 12.1 Å². The van der Waals surface area contributed by atoms with E-state index in [-0.39, 0.29) is 6.61 Å². The Balaban J connectivity index is 2.28. The molecule has 2 nitrogen and oxygen atoms in total. The number of hydrogen-bond acceptors (Lipinski definition) is 1. The Labute approximate surface area is 95.5 Å². The molecule has 0 spiro atoms. The highest BCUT2D eigenvalue weighted by molar-refractivity contribution is 5.80. The van der Waals surface area contributed by atoms with E-state index in [1.165, 1.54) is 10.9 Å². The van der Waals surface area contributed by atoms with Crippen LogP contribution in [0.4, 0.5) is 0 Å². The number of rotatable bonds is 4. The van der Waals surface area contributed by atoms with Crippen molar-refractivity contribution < 1.29 is 5.11 Å². The molecule has 0 aliphatic heterocycles. The second-order valence-corrected chi connectivity index (χ2v) is 3.87. The van der Waals surface area contributed by atoms with E-state index in [0.717, 1.165) is 24.9 Å². The van der Waals surface area contributed by atoms with Gasteiger partial charge in [-0.15, -0.1) is 12.3 Å². The number of nitrogens with zero attached hydrogens (tertiary/aromatic N) is 1. The third-order valence-electron chi connectivity index (χ3n) is 2.74. The maximum Gasteiger partial charge on any atom is 0.0682 e. The average molecular weight is 213 g/mol. The van der Waals surface area contributed by atoms with Gasteiger partial charge >= 0.3 is 0 Å². The van der Waals surface area contributed by atoms with Gasteiger partial charge in [-0.25, -0.2) is 0 Å². The Morgan fingerprint density at radius 3 is 2.94 bits per heavy atom. The van der Waals surface area contributed by atoms with Crippen molar-refractivity contribution in [1.29, 1.82) is 0 Å². The van der Waals surface area contributed by atoms with Crippen molar-refractivity contribution in [3.8, 4) is 12.3 Å². The van der Waals surface area contributed by atoms with Gasteiger partial charge < -0.3 is 9.67 Å². The van der Waals surface area contributed by atoms with Crippen LogP contribution in [0.3, 0.4) is 0 Å². The summed E-state index contributed by atoms with van der Waals surface area (Å²) in [7, 11) is 0. The molecule has 0 fully saturated rings. The van der Waals surface area contributed by atoms with Gasteiger partial charge in [-0.3, -0.25) is 0 Å². The molecule has 0 amide bonds. The molecule has 1 N–H and O–H groups in total. The summed E-state index contributed by atoms with van der Waals surface area (Å²) in [6.45, 7) is 1.02. The minimum atomic E-state index is 0.0888. The summed E-state index contributed by atoms with van der Waals surface area (Å²) in [5, 5.41) is 10.3. The lowest BCUT2D eigenvalue weighted by molar-refractivity contribution is 0.282. The number of aliphatic hydroxyl groups excluding tert-OH is 1. The summed E-state index contributed by atoms with van der Waals surface area (Å²) in [6, 6.07) is 8.12. The quantitative estimate of drug-likeness (QED) is 0.612. The number of benzene rings is 1. The molecule has 0 saturated heterocycles. The molecule has 0 saturated carbocycles. The van der Waals surface area contributed by atoms with Gasteiger partial charge in [0.2, 0.25) is 0 Å². The molecule has 1 aromatic heterocycles. The number of unbranched alkanes of at least 4 members (excludes halogenated alkanes) is 1. The number of hydrogen-bond donors (Lipinski definition) is 1. The third-order valence-corrected chi connectivity index (χ3v) is 2.74. The molecule has 0 atom stereocenters. The van der Waals surface area contributed by atoms with Crippen molar-refractivity contribution in [3.63, 3.8) is 0 Å². The van der Waals surface area contributed by atoms with Gasteiger partial charge in [0.15, 0.2) is 0 Å². The first-order valence-corrected chi connectivity index (χ1v) is 5.47. The highest BCUT2D eigenvalue weighted by Gasteiger charge is 2.01. The normalized spacial score (nSPS) is 10.5. The van der Waals surface area contributed by atoms with E-state index in [1.54, 1.807) is 0 Å². The highest BCUT2D eigenvalue weighted by atomic mass is 16.3. The van der Waals surface area contributed by atoms with Crippen LogP contribution in [0.25, 0.3) is 10.9 Å². The van der Waals surface area contributed by atoms with E-state index >= 15 is 0 Å². The van der Waals surface area contributed by atoms with Crippen molar-refractivity contribution in [1.82, 2.24) is 4.57 Å². The Morgan fingerprint density at radius 2 is 2.19 bits per heavy atom. The largest absolute Gasteiger partial charge is 0.392 e. The molecular formula is C14H15NO. The van der Waals surface area contributed by atoms with E-state index in [0.29, 0.717) is 0 Å². The van der Waals surface area contributed by atoms with Crippen molar-refractivity contribution >= 4 is 10.9 Å². The molecular weight excluding hydrogens is 198 g/mol. The van der Waals surface area contributed by atoms with Gasteiger partial charge in [0.1, 0.15) is 0 Å². The van der Waals surface area contributed by atoms with Crippen LogP contribution in [0, 0.1) is 12.3 Å². The summed E-state index contributed by atoms with van der Waals surface area (Å²) in [6.07, 6.45) is 9.10. The minimum absolute atomic E-state index is 0.0888. The maximum absolute atomic E-state index is 9.10. The Hall–Kier alpha value is -1.72. The fraction of sp³-hybridized carbons (Fsp3) is 0.286. The van der Waals surface area contributed by atoms with Crippen LogP contribution in [-0.4, -0.2) is 9.67 Å². The maximum atomic E-state index is 9.10. The zero-order valence-corrected chi connectivity index (χ0v) is 9.19. The second-order valence-electron chi connectivity index (χ2n) is 3.87. The van der Waals surface area contributed by atoms with Crippen LogP contribution in [0.15, 0.2) is 30.5 Å². The molecule has 16 heavy (non-hydrogen) atoms. The van der Waals surface area contributed by atoms with E-state index in [9.17, 15) is 0 Å². The molecule has 1 aromatic carbocycles. The van der Waals surface area contributed by atoms with E-state index < -0.39 is 0 Å². The molecule has 0 unspecified atom stereocenters. The topological polar surface area (TPSA) is 25.2 Å². The number of aryl methyl sites for hydroxylation is 1. The predicted molar refractivity (Wildman–Crippen MR) is 65.9 cm³/mol. The molecule has 0 radical (unpaired) electrons. The molecule has 82 valence electrons. The molecule has 2 rings (SSSR count). The van der Waals surface area contributed by atoms with Gasteiger partial charge in [0.05, 0.1) is 6.61 Å². The summed E-state index contributed by atoms with van der Waals surface area (Å²) < 4.78 is 2.19. The summed E-state index contributed by atoms with van der Waals surface area (Å²) in [5.41, 5.74) is 2.12. The van der Waals surface area contributed by atoms with Crippen molar-refractivity contribution in [2.75, 3.05) is 0 Å². The number of terminal acetylenes is 1. The predicted octanol–water partition coefficient (Wildman–Crippen LogP) is 2.55. The first-order valence-electron chi connectivity index (χ1n) is 5.47. The van der Waals surface area contributed by atoms with Gasteiger partial charge in [0.25, 0.3) is 0 Å². The summed E-state index contributed by atoms with van der Waals surface area (Å²) in [4.78, 5) is 0. The van der Waals surface area contributed by atoms with Crippen molar-refractivity contribution in [2.24, 2.45) is 0 Å². The SMILES string of the molecule is C#CCCCn1ccc2ccc(CO)cc21. The standard InChI is InChI=1S/C14H15NO/c1-2-3-4-8-15-9-7-13-6-5-12(11-16)10-14(13)15/h1,5-7,9-10,16H,3-4,8,11H2. The lowest BCUT2D eigenvalue weighted by Gasteiger charge is -2.04. The monoisotopic (exact) mass is 213 g/mol. The van der Waals surface area contributed by atoms with Crippen LogP contribution in [0.2, 0.25) is 0 Å². The average Bonchev–Trinajstić information content (AvgIpc) is 2.72. The zero-order valence-electron chi connectivity index (χ0n) is 9.19. The summed E-state index contributed by atoms with van der Waals surface area (Å²) in [5.74, 6) is 2.65. The smallest absolute Gasteiger partial charge is 0.0682 e. The lowest BCUT2D eigenvalue weighted by Crippen LogP contribution is -1.96. The first kappa shape index (κ1) is 10.8. The zero-order chi connectivity index (χ0) is 11.4. The lowest BCUT2D eigenvalue weighted by atomic mass is 10.2. The Morgan fingerprint density at radius 1 is 1.31 bits per heavy atom. The van der Waals surface area contributed by atoms with Crippen LogP contribution in [0.5, 0.6) is 0 Å². The number of aromatic nitrogens is 1. The molecule has 0 bridgehead atoms. The van der Waals surface area contributed by atoms with Crippen molar-refractivity contribution in [2.45, 2.75) is 26.0 Å². The second kappa shape index (κ2) is 4.87. The van der Waals surface area contributed by atoms with E-state index in [4.69, 9.17) is 11.5 Å². The van der Waals surface area contributed by atoms with E-state index in [1.807, 2.05) is 18.2 Å². The Bertz CT molecular complexity index is 519. The molecule has 0 aliphatic carbocycles. The van der Waals surface area contributed by atoms with Gasteiger partial charge in [-0.05, 0) is 29.5 Å². The molecule has 0 aliphatic rings. The van der Waals surface area contributed by atoms with E-state index in [2.05, 4.69) is 22.8 Å². The van der Waals surface area contributed by atoms with Gasteiger partial charge in [0, 0.05) is 24.7 Å². The molecule has 2 heteroatoms. The fourth-order valence-electron chi connectivity index (χ4n) is 1.87. The van der Waals surface area contributed by atoms with Crippen LogP contribution in [0.1, 0.15) is 18.4 Å². The minimum Gasteiger partial charge on any atom is -0.392 e. The first-order chi connectivity index (χ1) is 7.85.